The lowest BCUT2D eigenvalue weighted by atomic mass is 9.83. The summed E-state index contributed by atoms with van der Waals surface area (Å²) in [6.45, 7) is 4.69. The van der Waals surface area contributed by atoms with Crippen molar-refractivity contribution in [1.29, 1.82) is 0 Å². The Morgan fingerprint density at radius 3 is 2.62 bits per heavy atom. The van der Waals surface area contributed by atoms with Crippen LogP contribution >= 0.6 is 0 Å². The third-order valence-electron chi connectivity index (χ3n) is 5.73. The van der Waals surface area contributed by atoms with E-state index in [1.54, 1.807) is 0 Å². The zero-order valence-corrected chi connectivity index (χ0v) is 13.6. The third kappa shape index (κ3) is 3.42. The fourth-order valence-electron chi connectivity index (χ4n) is 4.23. The van der Waals surface area contributed by atoms with Crippen LogP contribution in [0.1, 0.15) is 56.9 Å². The highest BCUT2D eigenvalue weighted by Crippen LogP contribution is 2.34. The molecule has 1 saturated carbocycles. The Morgan fingerprint density at radius 2 is 1.86 bits per heavy atom. The molecule has 0 bridgehead atoms. The van der Waals surface area contributed by atoms with Crippen LogP contribution in [0.5, 0.6) is 0 Å². The predicted octanol–water partition coefficient (Wildman–Crippen LogP) is 4.49. The average Bonchev–Trinajstić information content (AvgIpc) is 2.55. The lowest BCUT2D eigenvalue weighted by Gasteiger charge is -2.37. The smallest absolute Gasteiger partial charge is 0.0376 e. The molecule has 1 aliphatic carbocycles. The summed E-state index contributed by atoms with van der Waals surface area (Å²) in [6, 6.07) is 9.69. The molecule has 0 aromatic heterocycles. The lowest BCUT2D eigenvalue weighted by molar-refractivity contribution is 0.154. The zero-order chi connectivity index (χ0) is 14.7. The van der Waals surface area contributed by atoms with Gasteiger partial charge in [0, 0.05) is 30.7 Å². The van der Waals surface area contributed by atoms with E-state index in [-0.39, 0.29) is 0 Å². The van der Waals surface area contributed by atoms with Gasteiger partial charge in [0.1, 0.15) is 0 Å². The molecule has 2 nitrogen and oxygen atoms in total. The number of likely N-dealkylation sites (N-methyl/N-ethyl adjacent to an activating group) is 1. The second kappa shape index (κ2) is 6.83. The first-order valence-electron chi connectivity index (χ1n) is 8.81. The Morgan fingerprint density at radius 1 is 1.10 bits per heavy atom. The van der Waals surface area contributed by atoms with Gasteiger partial charge in [-0.05, 0) is 56.7 Å². The summed E-state index contributed by atoms with van der Waals surface area (Å²) in [5, 5.41) is 3.54. The summed E-state index contributed by atoms with van der Waals surface area (Å²) in [5.74, 6) is 1.70. The highest BCUT2D eigenvalue weighted by atomic mass is 15.1. The van der Waals surface area contributed by atoms with E-state index in [4.69, 9.17) is 0 Å². The molecule has 1 unspecified atom stereocenters. The third-order valence-corrected chi connectivity index (χ3v) is 5.73. The number of anilines is 1. The number of nitrogens with zero attached hydrogens (tertiary/aromatic N) is 1. The van der Waals surface area contributed by atoms with Crippen molar-refractivity contribution in [2.45, 2.75) is 57.4 Å². The summed E-state index contributed by atoms with van der Waals surface area (Å²) >= 11 is 0. The summed E-state index contributed by atoms with van der Waals surface area (Å²) in [5.41, 5.74) is 2.88. The van der Waals surface area contributed by atoms with Crippen LogP contribution in [0, 0.1) is 5.92 Å². The quantitative estimate of drug-likeness (QED) is 0.877. The highest BCUT2D eigenvalue weighted by Gasteiger charge is 2.26. The Bertz CT molecular complexity index is 449. The fourth-order valence-corrected chi connectivity index (χ4v) is 4.23. The van der Waals surface area contributed by atoms with E-state index in [1.165, 1.54) is 56.3 Å². The molecular weight excluding hydrogens is 256 g/mol. The summed E-state index contributed by atoms with van der Waals surface area (Å²) in [4.78, 5) is 2.65. The van der Waals surface area contributed by atoms with E-state index < -0.39 is 0 Å². The monoisotopic (exact) mass is 286 g/mol. The van der Waals surface area contributed by atoms with Gasteiger partial charge in [0.15, 0.2) is 0 Å². The number of hydrogen-bond acceptors (Lipinski definition) is 2. The van der Waals surface area contributed by atoms with Crippen LogP contribution in [0.2, 0.25) is 0 Å². The Balaban J connectivity index is 1.60. The van der Waals surface area contributed by atoms with Crippen molar-refractivity contribution in [3.05, 3.63) is 29.8 Å². The van der Waals surface area contributed by atoms with E-state index in [9.17, 15) is 0 Å². The first-order valence-corrected chi connectivity index (χ1v) is 8.81. The van der Waals surface area contributed by atoms with Crippen LogP contribution < -0.4 is 5.32 Å². The molecule has 1 aliphatic heterocycles. The van der Waals surface area contributed by atoms with Gasteiger partial charge in [0.25, 0.3) is 0 Å². The van der Waals surface area contributed by atoms with E-state index in [0.29, 0.717) is 5.92 Å². The number of fused-ring (bicyclic) bond motifs is 1. The summed E-state index contributed by atoms with van der Waals surface area (Å²) in [6.07, 6.45) is 8.33. The number of rotatable bonds is 4. The lowest BCUT2D eigenvalue weighted by Crippen LogP contribution is -2.38. The van der Waals surface area contributed by atoms with Crippen LogP contribution in [0.25, 0.3) is 0 Å². The standard InChI is InChI=1S/C19H30N2/c1-3-15-8-10-17(11-9-15)21(2)14-16-12-13-20-19-7-5-4-6-18(16)19/h4-7,15-17,20H,3,8-14H2,1-2H3. The molecule has 1 aromatic carbocycles. The van der Waals surface area contributed by atoms with Gasteiger partial charge in [0.2, 0.25) is 0 Å². The minimum atomic E-state index is 0.705. The predicted molar refractivity (Wildman–Crippen MR) is 91.0 cm³/mol. The topological polar surface area (TPSA) is 15.3 Å². The second-order valence-electron chi connectivity index (χ2n) is 7.02. The maximum atomic E-state index is 3.54. The van der Waals surface area contributed by atoms with Crippen LogP contribution in [-0.2, 0) is 0 Å². The molecule has 0 amide bonds. The largest absolute Gasteiger partial charge is 0.385 e. The summed E-state index contributed by atoms with van der Waals surface area (Å²) < 4.78 is 0. The molecule has 0 spiro atoms. The van der Waals surface area contributed by atoms with Gasteiger partial charge in [-0.2, -0.15) is 0 Å². The minimum absolute atomic E-state index is 0.705. The van der Waals surface area contributed by atoms with Gasteiger partial charge in [-0.15, -0.1) is 0 Å². The van der Waals surface area contributed by atoms with Crippen LogP contribution in [0.15, 0.2) is 24.3 Å². The molecule has 1 fully saturated rings. The molecule has 0 radical (unpaired) electrons. The van der Waals surface area contributed by atoms with E-state index in [1.807, 2.05) is 0 Å². The average molecular weight is 286 g/mol. The molecule has 3 rings (SSSR count). The van der Waals surface area contributed by atoms with Crippen LogP contribution in [0.4, 0.5) is 5.69 Å². The van der Waals surface area contributed by atoms with Gasteiger partial charge in [-0.1, -0.05) is 31.5 Å². The SMILES string of the molecule is CCC1CCC(N(C)CC2CCNc3ccccc32)CC1. The Kier molecular flexibility index (Phi) is 4.84. The van der Waals surface area contributed by atoms with Gasteiger partial charge < -0.3 is 10.2 Å². The van der Waals surface area contributed by atoms with Crippen molar-refractivity contribution < 1.29 is 0 Å². The van der Waals surface area contributed by atoms with E-state index in [0.717, 1.165) is 18.5 Å². The van der Waals surface area contributed by atoms with Crippen molar-refractivity contribution in [3.63, 3.8) is 0 Å². The summed E-state index contributed by atoms with van der Waals surface area (Å²) in [7, 11) is 2.35. The van der Waals surface area contributed by atoms with Gasteiger partial charge in [-0.3, -0.25) is 0 Å². The molecular formula is C19H30N2. The molecule has 2 heteroatoms. The van der Waals surface area contributed by atoms with Crippen molar-refractivity contribution in [1.82, 2.24) is 4.90 Å². The maximum absolute atomic E-state index is 3.54. The highest BCUT2D eigenvalue weighted by molar-refractivity contribution is 5.54. The molecule has 1 aromatic rings. The van der Waals surface area contributed by atoms with E-state index in [2.05, 4.69) is 48.5 Å². The Hall–Kier alpha value is -1.02. The van der Waals surface area contributed by atoms with Crippen molar-refractivity contribution in [3.8, 4) is 0 Å². The molecule has 0 saturated heterocycles. The number of hydrogen-bond donors (Lipinski definition) is 1. The molecule has 116 valence electrons. The second-order valence-corrected chi connectivity index (χ2v) is 7.02. The van der Waals surface area contributed by atoms with Gasteiger partial charge >= 0.3 is 0 Å². The van der Waals surface area contributed by atoms with Crippen molar-refractivity contribution in [2.75, 3.05) is 25.5 Å². The minimum Gasteiger partial charge on any atom is -0.385 e. The first-order chi connectivity index (χ1) is 10.3. The molecule has 21 heavy (non-hydrogen) atoms. The maximum Gasteiger partial charge on any atom is 0.0376 e. The van der Waals surface area contributed by atoms with Crippen LogP contribution in [-0.4, -0.2) is 31.1 Å². The van der Waals surface area contributed by atoms with Crippen molar-refractivity contribution in [2.24, 2.45) is 5.92 Å². The number of nitrogens with one attached hydrogen (secondary N) is 1. The van der Waals surface area contributed by atoms with Crippen LogP contribution in [0.3, 0.4) is 0 Å². The van der Waals surface area contributed by atoms with Gasteiger partial charge in [0.05, 0.1) is 0 Å². The molecule has 1 atom stereocenters. The molecule has 1 heterocycles. The first kappa shape index (κ1) is 14.9. The number of para-hydroxylation sites is 1. The molecule has 2 aliphatic rings. The zero-order valence-electron chi connectivity index (χ0n) is 13.6. The normalized spacial score (nSPS) is 29.0. The van der Waals surface area contributed by atoms with Gasteiger partial charge in [-0.25, -0.2) is 0 Å². The number of benzene rings is 1. The Labute approximate surface area is 129 Å². The fraction of sp³-hybridized carbons (Fsp3) is 0.684. The van der Waals surface area contributed by atoms with Crippen molar-refractivity contribution >= 4 is 5.69 Å². The van der Waals surface area contributed by atoms with E-state index >= 15 is 0 Å². The molecule has 1 N–H and O–H groups in total.